The van der Waals surface area contributed by atoms with Crippen LogP contribution < -0.4 is 5.32 Å². The molecule has 0 aromatic heterocycles. The summed E-state index contributed by atoms with van der Waals surface area (Å²) >= 11 is 1.72. The molecule has 0 radical (unpaired) electrons. The van der Waals surface area contributed by atoms with E-state index in [4.69, 9.17) is 4.74 Å². The van der Waals surface area contributed by atoms with E-state index < -0.39 is 0 Å². The van der Waals surface area contributed by atoms with Crippen LogP contribution in [0, 0.1) is 0 Å². The Morgan fingerprint density at radius 1 is 1.45 bits per heavy atom. The molecule has 20 heavy (non-hydrogen) atoms. The molecule has 4 nitrogen and oxygen atoms in total. The van der Waals surface area contributed by atoms with E-state index in [-0.39, 0.29) is 18.1 Å². The topological polar surface area (TPSA) is 41.6 Å². The highest BCUT2D eigenvalue weighted by molar-refractivity contribution is 7.98. The molecule has 5 heteroatoms. The van der Waals surface area contributed by atoms with Crippen LogP contribution in [0.3, 0.4) is 0 Å². The molecular weight excluding hydrogens is 272 g/mol. The number of carbonyl (C=O) groups excluding carboxylic acids is 1. The average Bonchev–Trinajstić information content (AvgIpc) is 2.86. The van der Waals surface area contributed by atoms with E-state index in [1.54, 1.807) is 11.8 Å². The normalized spacial score (nSPS) is 20.4. The van der Waals surface area contributed by atoms with Crippen molar-refractivity contribution in [1.29, 1.82) is 0 Å². The van der Waals surface area contributed by atoms with E-state index in [9.17, 15) is 4.79 Å². The van der Waals surface area contributed by atoms with E-state index in [0.29, 0.717) is 19.8 Å². The van der Waals surface area contributed by atoms with Gasteiger partial charge in [-0.1, -0.05) is 12.1 Å². The third-order valence-electron chi connectivity index (χ3n) is 3.48. The minimum atomic E-state index is -0.0473. The van der Waals surface area contributed by atoms with Gasteiger partial charge in [0, 0.05) is 11.5 Å². The van der Waals surface area contributed by atoms with Crippen molar-refractivity contribution in [1.82, 2.24) is 10.2 Å². The number of rotatable bonds is 6. The zero-order chi connectivity index (χ0) is 14.5. The van der Waals surface area contributed by atoms with Crippen LogP contribution >= 0.6 is 11.8 Å². The van der Waals surface area contributed by atoms with Gasteiger partial charge in [0.15, 0.2) is 0 Å². The van der Waals surface area contributed by atoms with Gasteiger partial charge < -0.3 is 9.64 Å². The zero-order valence-electron chi connectivity index (χ0n) is 12.3. The Hall–Kier alpha value is -1.04. The molecule has 0 aliphatic carbocycles. The summed E-state index contributed by atoms with van der Waals surface area (Å²) < 4.78 is 5.45. The molecule has 1 fully saturated rings. The molecule has 1 aliphatic rings. The van der Waals surface area contributed by atoms with Crippen molar-refractivity contribution in [2.24, 2.45) is 0 Å². The lowest BCUT2D eigenvalue weighted by Crippen LogP contribution is -2.40. The van der Waals surface area contributed by atoms with E-state index >= 15 is 0 Å². The first-order chi connectivity index (χ1) is 9.67. The van der Waals surface area contributed by atoms with Crippen molar-refractivity contribution < 1.29 is 9.53 Å². The van der Waals surface area contributed by atoms with Crippen LogP contribution in [0.1, 0.15) is 25.6 Å². The summed E-state index contributed by atoms with van der Waals surface area (Å²) in [6.07, 6.45) is 2.01. The van der Waals surface area contributed by atoms with E-state index in [1.807, 2.05) is 18.7 Å². The third kappa shape index (κ3) is 3.34. The molecule has 1 heterocycles. The van der Waals surface area contributed by atoms with Gasteiger partial charge in [0.25, 0.3) is 0 Å². The highest BCUT2D eigenvalue weighted by atomic mass is 32.2. The highest BCUT2D eigenvalue weighted by Crippen LogP contribution is 2.26. The molecule has 2 atom stereocenters. The van der Waals surface area contributed by atoms with Crippen LogP contribution in [-0.4, -0.2) is 42.9 Å². The quantitative estimate of drug-likeness (QED) is 0.817. The number of carbonyl (C=O) groups is 1. The number of benzene rings is 1. The van der Waals surface area contributed by atoms with Crippen LogP contribution in [-0.2, 0) is 9.53 Å². The van der Waals surface area contributed by atoms with Gasteiger partial charge in [-0.25, -0.2) is 0 Å². The Bertz CT molecular complexity index is 450. The number of thioether (sulfide) groups is 1. The molecule has 1 aromatic carbocycles. The maximum atomic E-state index is 12.1. The van der Waals surface area contributed by atoms with E-state index in [1.165, 1.54) is 4.90 Å². The summed E-state index contributed by atoms with van der Waals surface area (Å²) in [6.45, 7) is 5.64. The number of hydrogen-bond donors (Lipinski definition) is 1. The second-order valence-corrected chi connectivity index (χ2v) is 5.75. The van der Waals surface area contributed by atoms with E-state index in [0.717, 1.165) is 5.56 Å². The van der Waals surface area contributed by atoms with Crippen LogP contribution in [0.5, 0.6) is 0 Å². The molecule has 0 bridgehead atoms. The second kappa shape index (κ2) is 7.11. The van der Waals surface area contributed by atoms with Crippen LogP contribution in [0.15, 0.2) is 29.2 Å². The summed E-state index contributed by atoms with van der Waals surface area (Å²) in [4.78, 5) is 15.2. The van der Waals surface area contributed by atoms with Crippen LogP contribution in [0.25, 0.3) is 0 Å². The Kier molecular flexibility index (Phi) is 5.46. The molecule has 110 valence electrons. The van der Waals surface area contributed by atoms with Crippen molar-refractivity contribution >= 4 is 17.7 Å². The van der Waals surface area contributed by atoms with Gasteiger partial charge in [0.1, 0.15) is 6.17 Å². The number of hydrogen-bond acceptors (Lipinski definition) is 4. The van der Waals surface area contributed by atoms with Gasteiger partial charge in [-0.2, -0.15) is 0 Å². The Balaban J connectivity index is 2.13. The zero-order valence-corrected chi connectivity index (χ0v) is 13.1. The molecule has 2 unspecified atom stereocenters. The first-order valence-electron chi connectivity index (χ1n) is 6.93. The standard InChI is InChI=1S/C15H22N2O2S/c1-4-19-10-11(2)17-14(18)9-16-15(17)12-5-7-13(20-3)8-6-12/h5-8,11,15-16H,4,9-10H2,1-3H3. The van der Waals surface area contributed by atoms with Crippen molar-refractivity contribution in [3.8, 4) is 0 Å². The minimum Gasteiger partial charge on any atom is -0.380 e. The minimum absolute atomic E-state index is 0.0473. The van der Waals surface area contributed by atoms with Crippen molar-refractivity contribution in [3.63, 3.8) is 0 Å². The molecule has 1 aromatic rings. The van der Waals surface area contributed by atoms with Crippen molar-refractivity contribution in [3.05, 3.63) is 29.8 Å². The summed E-state index contributed by atoms with van der Waals surface area (Å²) in [6, 6.07) is 8.43. The third-order valence-corrected chi connectivity index (χ3v) is 4.23. The maximum absolute atomic E-state index is 12.1. The summed E-state index contributed by atoms with van der Waals surface area (Å²) in [5.74, 6) is 0.135. The fraction of sp³-hybridized carbons (Fsp3) is 0.533. The largest absolute Gasteiger partial charge is 0.380 e. The fourth-order valence-corrected chi connectivity index (χ4v) is 2.86. The Labute approximate surface area is 124 Å². The van der Waals surface area contributed by atoms with E-state index in [2.05, 4.69) is 35.8 Å². The lowest BCUT2D eigenvalue weighted by molar-refractivity contribution is -0.131. The second-order valence-electron chi connectivity index (χ2n) is 4.87. The average molecular weight is 294 g/mol. The number of amides is 1. The van der Waals surface area contributed by atoms with Gasteiger partial charge in [-0.3, -0.25) is 10.1 Å². The molecule has 1 N–H and O–H groups in total. The predicted octanol–water partition coefficient (Wildman–Crippen LogP) is 2.26. The van der Waals surface area contributed by atoms with Gasteiger partial charge >= 0.3 is 0 Å². The van der Waals surface area contributed by atoms with Gasteiger partial charge in [0.05, 0.1) is 19.2 Å². The number of nitrogens with one attached hydrogen (secondary N) is 1. The molecular formula is C15H22N2O2S. The molecule has 1 aliphatic heterocycles. The van der Waals surface area contributed by atoms with Crippen LogP contribution in [0.4, 0.5) is 0 Å². The molecule has 1 saturated heterocycles. The summed E-state index contributed by atoms with van der Waals surface area (Å²) in [5.41, 5.74) is 1.12. The molecule has 0 spiro atoms. The molecule has 1 amide bonds. The lowest BCUT2D eigenvalue weighted by atomic mass is 10.1. The highest BCUT2D eigenvalue weighted by Gasteiger charge is 2.34. The van der Waals surface area contributed by atoms with Crippen molar-refractivity contribution in [2.45, 2.75) is 31.0 Å². The fourth-order valence-electron chi connectivity index (χ4n) is 2.45. The predicted molar refractivity (Wildman–Crippen MR) is 81.8 cm³/mol. The Morgan fingerprint density at radius 3 is 2.75 bits per heavy atom. The summed E-state index contributed by atoms with van der Waals surface area (Å²) in [7, 11) is 0. The summed E-state index contributed by atoms with van der Waals surface area (Å²) in [5, 5.41) is 3.28. The first-order valence-corrected chi connectivity index (χ1v) is 8.16. The van der Waals surface area contributed by atoms with Crippen molar-refractivity contribution in [2.75, 3.05) is 26.0 Å². The monoisotopic (exact) mass is 294 g/mol. The van der Waals surface area contributed by atoms with Gasteiger partial charge in [-0.15, -0.1) is 11.8 Å². The number of ether oxygens (including phenoxy) is 1. The lowest BCUT2D eigenvalue weighted by Gasteiger charge is -2.30. The maximum Gasteiger partial charge on any atom is 0.238 e. The smallest absolute Gasteiger partial charge is 0.238 e. The molecule has 2 rings (SSSR count). The van der Waals surface area contributed by atoms with Gasteiger partial charge in [0.2, 0.25) is 5.91 Å². The molecule has 0 saturated carbocycles. The Morgan fingerprint density at radius 2 is 2.15 bits per heavy atom. The first kappa shape index (κ1) is 15.4. The SMILES string of the molecule is CCOCC(C)N1C(=O)CNC1c1ccc(SC)cc1. The number of nitrogens with zero attached hydrogens (tertiary/aromatic N) is 1. The van der Waals surface area contributed by atoms with Gasteiger partial charge in [-0.05, 0) is 37.8 Å². The van der Waals surface area contributed by atoms with Crippen LogP contribution in [0.2, 0.25) is 0 Å².